The van der Waals surface area contributed by atoms with Gasteiger partial charge >= 0.3 is 0 Å². The largest absolute Gasteiger partial charge is 0.493 e. The van der Waals surface area contributed by atoms with E-state index in [0.29, 0.717) is 24.5 Å². The Labute approximate surface area is 119 Å². The molecule has 0 aliphatic heterocycles. The first-order chi connectivity index (χ1) is 9.67. The molecule has 1 saturated carbocycles. The van der Waals surface area contributed by atoms with Crippen LogP contribution in [0.15, 0.2) is 24.3 Å². The van der Waals surface area contributed by atoms with Crippen LogP contribution in [0.2, 0.25) is 0 Å². The summed E-state index contributed by atoms with van der Waals surface area (Å²) < 4.78 is 10.8. The molecule has 1 amide bonds. The topological polar surface area (TPSA) is 73.6 Å². The molecular formula is C15H22N2O3. The summed E-state index contributed by atoms with van der Waals surface area (Å²) in [6.45, 7) is 0.357. The van der Waals surface area contributed by atoms with Gasteiger partial charge in [0.2, 0.25) is 5.91 Å². The maximum absolute atomic E-state index is 11.8. The number of rotatable bonds is 6. The number of hydrogen-bond acceptors (Lipinski definition) is 4. The van der Waals surface area contributed by atoms with E-state index in [1.54, 1.807) is 19.2 Å². The Balaban J connectivity index is 1.65. The van der Waals surface area contributed by atoms with Gasteiger partial charge in [0.25, 0.3) is 0 Å². The maximum atomic E-state index is 11.8. The van der Waals surface area contributed by atoms with E-state index >= 15 is 0 Å². The second-order valence-electron chi connectivity index (χ2n) is 5.11. The summed E-state index contributed by atoms with van der Waals surface area (Å²) in [5.41, 5.74) is 6.31. The Hall–Kier alpha value is -1.75. The Kier molecular flexibility index (Phi) is 5.24. The quantitative estimate of drug-likeness (QED) is 0.777. The van der Waals surface area contributed by atoms with Crippen molar-refractivity contribution in [1.82, 2.24) is 5.32 Å². The van der Waals surface area contributed by atoms with E-state index in [4.69, 9.17) is 15.2 Å². The summed E-state index contributed by atoms with van der Waals surface area (Å²) in [6, 6.07) is 7.44. The normalized spacial score (nSPS) is 21.6. The van der Waals surface area contributed by atoms with Crippen LogP contribution >= 0.6 is 0 Å². The number of ether oxygens (including phenoxy) is 2. The molecule has 1 aliphatic carbocycles. The number of anilines is 1. The zero-order chi connectivity index (χ0) is 14.4. The Morgan fingerprint density at radius 3 is 3.00 bits per heavy atom. The van der Waals surface area contributed by atoms with Crippen LogP contribution in [0.4, 0.5) is 5.69 Å². The highest BCUT2D eigenvalue weighted by Gasteiger charge is 2.25. The summed E-state index contributed by atoms with van der Waals surface area (Å²) in [7, 11) is 1.72. The minimum absolute atomic E-state index is 0.0238. The van der Waals surface area contributed by atoms with Gasteiger partial charge in [0, 0.05) is 24.9 Å². The van der Waals surface area contributed by atoms with Crippen molar-refractivity contribution in [2.75, 3.05) is 19.5 Å². The van der Waals surface area contributed by atoms with Crippen molar-refractivity contribution >= 4 is 11.6 Å². The number of nitrogen functional groups attached to an aromatic ring is 1. The fourth-order valence-electron chi connectivity index (χ4n) is 2.45. The number of carbonyl (C=O) groups is 1. The van der Waals surface area contributed by atoms with Gasteiger partial charge in [0.05, 0.1) is 19.1 Å². The van der Waals surface area contributed by atoms with Crippen molar-refractivity contribution in [2.45, 2.75) is 37.8 Å². The van der Waals surface area contributed by atoms with E-state index in [0.717, 1.165) is 19.3 Å². The molecule has 0 saturated heterocycles. The predicted molar refractivity (Wildman–Crippen MR) is 77.5 cm³/mol. The molecule has 5 heteroatoms. The number of carbonyl (C=O) groups excluding carboxylic acids is 1. The molecule has 1 aliphatic rings. The van der Waals surface area contributed by atoms with Gasteiger partial charge in [-0.15, -0.1) is 0 Å². The third-order valence-electron chi connectivity index (χ3n) is 3.54. The SMILES string of the molecule is COC1CCC(NC(=O)CCOc2cccc(N)c2)C1. The fraction of sp³-hybridized carbons (Fsp3) is 0.533. The first kappa shape index (κ1) is 14.7. The molecule has 2 rings (SSSR count). The number of hydrogen-bond donors (Lipinski definition) is 2. The van der Waals surface area contributed by atoms with Crippen LogP contribution in [0.3, 0.4) is 0 Å². The summed E-state index contributed by atoms with van der Waals surface area (Å²) in [5, 5.41) is 3.02. The average Bonchev–Trinajstić information content (AvgIpc) is 2.86. The highest BCUT2D eigenvalue weighted by atomic mass is 16.5. The lowest BCUT2D eigenvalue weighted by atomic mass is 10.2. The molecule has 0 spiro atoms. The summed E-state index contributed by atoms with van der Waals surface area (Å²) in [6.07, 6.45) is 3.53. The molecule has 0 heterocycles. The lowest BCUT2D eigenvalue weighted by Gasteiger charge is -2.13. The number of benzene rings is 1. The molecule has 1 aromatic rings. The standard InChI is InChI=1S/C15H22N2O3/c1-19-13-6-5-12(10-13)17-15(18)7-8-20-14-4-2-3-11(16)9-14/h2-4,9,12-13H,5-8,10,16H2,1H3,(H,17,18). The lowest BCUT2D eigenvalue weighted by molar-refractivity contribution is -0.122. The van der Waals surface area contributed by atoms with E-state index in [2.05, 4.69) is 5.32 Å². The fourth-order valence-corrected chi connectivity index (χ4v) is 2.45. The first-order valence-electron chi connectivity index (χ1n) is 6.98. The van der Waals surface area contributed by atoms with E-state index in [9.17, 15) is 4.79 Å². The average molecular weight is 278 g/mol. The summed E-state index contributed by atoms with van der Waals surface area (Å²) >= 11 is 0. The zero-order valence-corrected chi connectivity index (χ0v) is 11.8. The van der Waals surface area contributed by atoms with Crippen molar-refractivity contribution in [3.63, 3.8) is 0 Å². The molecule has 20 heavy (non-hydrogen) atoms. The van der Waals surface area contributed by atoms with Crippen LogP contribution < -0.4 is 15.8 Å². The molecule has 1 aromatic carbocycles. The smallest absolute Gasteiger partial charge is 0.223 e. The molecule has 0 aromatic heterocycles. The monoisotopic (exact) mass is 278 g/mol. The zero-order valence-electron chi connectivity index (χ0n) is 11.8. The van der Waals surface area contributed by atoms with Crippen molar-refractivity contribution in [2.24, 2.45) is 0 Å². The molecular weight excluding hydrogens is 256 g/mol. The Morgan fingerprint density at radius 2 is 2.30 bits per heavy atom. The van der Waals surface area contributed by atoms with Gasteiger partial charge in [0.15, 0.2) is 0 Å². The molecule has 0 radical (unpaired) electrons. The Bertz CT molecular complexity index is 450. The van der Waals surface area contributed by atoms with E-state index in [1.807, 2.05) is 12.1 Å². The van der Waals surface area contributed by atoms with Crippen LogP contribution in [0.25, 0.3) is 0 Å². The number of amides is 1. The first-order valence-corrected chi connectivity index (χ1v) is 6.98. The highest BCUT2D eigenvalue weighted by Crippen LogP contribution is 2.21. The molecule has 1 fully saturated rings. The molecule has 2 unspecified atom stereocenters. The van der Waals surface area contributed by atoms with Crippen LogP contribution in [0, 0.1) is 0 Å². The molecule has 0 bridgehead atoms. The third-order valence-corrected chi connectivity index (χ3v) is 3.54. The van der Waals surface area contributed by atoms with Crippen LogP contribution in [0.1, 0.15) is 25.7 Å². The van der Waals surface area contributed by atoms with Gasteiger partial charge in [0.1, 0.15) is 5.75 Å². The summed E-state index contributed by atoms with van der Waals surface area (Å²) in [4.78, 5) is 11.8. The minimum atomic E-state index is 0.0238. The Morgan fingerprint density at radius 1 is 1.45 bits per heavy atom. The van der Waals surface area contributed by atoms with Gasteiger partial charge in [-0.25, -0.2) is 0 Å². The molecule has 2 atom stereocenters. The van der Waals surface area contributed by atoms with Gasteiger partial charge in [-0.2, -0.15) is 0 Å². The van der Waals surface area contributed by atoms with Crippen LogP contribution in [0.5, 0.6) is 5.75 Å². The van der Waals surface area contributed by atoms with E-state index < -0.39 is 0 Å². The van der Waals surface area contributed by atoms with Crippen LogP contribution in [-0.4, -0.2) is 31.8 Å². The minimum Gasteiger partial charge on any atom is -0.493 e. The number of nitrogens with two attached hydrogens (primary N) is 1. The number of nitrogens with one attached hydrogen (secondary N) is 1. The van der Waals surface area contributed by atoms with Crippen molar-refractivity contribution < 1.29 is 14.3 Å². The third kappa shape index (κ3) is 4.42. The van der Waals surface area contributed by atoms with E-state index in [-0.39, 0.29) is 18.1 Å². The van der Waals surface area contributed by atoms with Crippen molar-refractivity contribution in [1.29, 1.82) is 0 Å². The van der Waals surface area contributed by atoms with Crippen LogP contribution in [-0.2, 0) is 9.53 Å². The van der Waals surface area contributed by atoms with Crippen molar-refractivity contribution in [3.8, 4) is 5.75 Å². The van der Waals surface area contributed by atoms with Crippen molar-refractivity contribution in [3.05, 3.63) is 24.3 Å². The predicted octanol–water partition coefficient (Wildman–Crippen LogP) is 1.72. The summed E-state index contributed by atoms with van der Waals surface area (Å²) in [5.74, 6) is 0.716. The number of methoxy groups -OCH3 is 1. The van der Waals surface area contributed by atoms with Gasteiger partial charge in [-0.1, -0.05) is 6.07 Å². The second kappa shape index (κ2) is 7.14. The highest BCUT2D eigenvalue weighted by molar-refractivity contribution is 5.76. The molecule has 3 N–H and O–H groups in total. The second-order valence-corrected chi connectivity index (χ2v) is 5.11. The molecule has 110 valence electrons. The molecule has 5 nitrogen and oxygen atoms in total. The lowest BCUT2D eigenvalue weighted by Crippen LogP contribution is -2.34. The van der Waals surface area contributed by atoms with Gasteiger partial charge < -0.3 is 20.5 Å². The maximum Gasteiger partial charge on any atom is 0.223 e. The van der Waals surface area contributed by atoms with E-state index in [1.165, 1.54) is 0 Å². The van der Waals surface area contributed by atoms with Gasteiger partial charge in [-0.3, -0.25) is 4.79 Å². The van der Waals surface area contributed by atoms with Gasteiger partial charge in [-0.05, 0) is 31.4 Å².